The number of methoxy groups -OCH3 is 1. The van der Waals surface area contributed by atoms with Gasteiger partial charge in [0, 0.05) is 12.7 Å². The van der Waals surface area contributed by atoms with Crippen molar-refractivity contribution in [3.63, 3.8) is 0 Å². The third-order valence-corrected chi connectivity index (χ3v) is 4.47. The summed E-state index contributed by atoms with van der Waals surface area (Å²) in [7, 11) is 1.64. The summed E-state index contributed by atoms with van der Waals surface area (Å²) in [5.74, 6) is 0.587. The van der Waals surface area contributed by atoms with Crippen LogP contribution in [0.2, 0.25) is 0 Å². The third-order valence-electron chi connectivity index (χ3n) is 4.47. The van der Waals surface area contributed by atoms with Crippen molar-refractivity contribution in [1.82, 2.24) is 15.6 Å². The van der Waals surface area contributed by atoms with Gasteiger partial charge in [-0.3, -0.25) is 4.79 Å². The molecule has 0 saturated carbocycles. The minimum atomic E-state index is -0.452. The van der Waals surface area contributed by atoms with E-state index in [-0.39, 0.29) is 18.3 Å². The first-order valence-corrected chi connectivity index (χ1v) is 8.21. The molecule has 1 saturated heterocycles. The lowest BCUT2D eigenvalue weighted by molar-refractivity contribution is -0.136. The van der Waals surface area contributed by atoms with Crippen LogP contribution in [0.25, 0.3) is 11.5 Å². The number of rotatable bonds is 6. The summed E-state index contributed by atoms with van der Waals surface area (Å²) >= 11 is 0. The van der Waals surface area contributed by atoms with Gasteiger partial charge in [0.15, 0.2) is 0 Å². The van der Waals surface area contributed by atoms with Crippen molar-refractivity contribution in [1.29, 1.82) is 0 Å². The van der Waals surface area contributed by atoms with Crippen molar-refractivity contribution in [3.05, 3.63) is 42.3 Å². The summed E-state index contributed by atoms with van der Waals surface area (Å²) in [5.41, 5.74) is 1.18. The van der Waals surface area contributed by atoms with Gasteiger partial charge in [0.25, 0.3) is 0 Å². The molecule has 1 aliphatic rings. The first kappa shape index (κ1) is 19.4. The van der Waals surface area contributed by atoms with Crippen LogP contribution in [0, 0.1) is 5.41 Å². The van der Waals surface area contributed by atoms with Gasteiger partial charge in [0.1, 0.15) is 6.26 Å². The standard InChI is InChI=1S/C18H23N3O3.ClH/c1-23-13-18(7-9-19-10-8-18)17(22)20-11-15-12-24-16(21-15)14-5-3-2-4-6-14;/h2-6,12,19H,7-11,13H2,1H3,(H,20,22);1H. The van der Waals surface area contributed by atoms with E-state index in [1.54, 1.807) is 13.4 Å². The molecule has 7 heteroatoms. The Kier molecular flexibility index (Phi) is 6.99. The van der Waals surface area contributed by atoms with Gasteiger partial charge in [0.2, 0.25) is 11.8 Å². The quantitative estimate of drug-likeness (QED) is 0.822. The minimum Gasteiger partial charge on any atom is -0.444 e. The number of oxazole rings is 1. The van der Waals surface area contributed by atoms with Crippen LogP contribution >= 0.6 is 12.4 Å². The van der Waals surface area contributed by atoms with Crippen molar-refractivity contribution in [2.45, 2.75) is 19.4 Å². The predicted molar refractivity (Wildman–Crippen MR) is 97.4 cm³/mol. The summed E-state index contributed by atoms with van der Waals surface area (Å²) in [4.78, 5) is 17.1. The molecule has 1 aromatic carbocycles. The van der Waals surface area contributed by atoms with Crippen LogP contribution in [0.15, 0.2) is 41.0 Å². The maximum Gasteiger partial charge on any atom is 0.228 e. The molecule has 6 nitrogen and oxygen atoms in total. The Hall–Kier alpha value is -1.89. The average molecular weight is 366 g/mol. The smallest absolute Gasteiger partial charge is 0.228 e. The van der Waals surface area contributed by atoms with E-state index in [0.717, 1.165) is 31.5 Å². The first-order chi connectivity index (χ1) is 11.7. The monoisotopic (exact) mass is 365 g/mol. The second kappa shape index (κ2) is 8.99. The molecule has 2 heterocycles. The second-order valence-corrected chi connectivity index (χ2v) is 6.16. The van der Waals surface area contributed by atoms with Crippen LogP contribution in [0.5, 0.6) is 0 Å². The van der Waals surface area contributed by atoms with Crippen molar-refractivity contribution >= 4 is 18.3 Å². The van der Waals surface area contributed by atoms with E-state index in [4.69, 9.17) is 9.15 Å². The molecule has 1 aliphatic heterocycles. The second-order valence-electron chi connectivity index (χ2n) is 6.16. The largest absolute Gasteiger partial charge is 0.444 e. The summed E-state index contributed by atoms with van der Waals surface area (Å²) in [5, 5.41) is 6.28. The fourth-order valence-electron chi connectivity index (χ4n) is 3.08. The van der Waals surface area contributed by atoms with E-state index < -0.39 is 5.41 Å². The fourth-order valence-corrected chi connectivity index (χ4v) is 3.08. The van der Waals surface area contributed by atoms with E-state index >= 15 is 0 Å². The minimum absolute atomic E-state index is 0. The molecule has 0 bridgehead atoms. The van der Waals surface area contributed by atoms with E-state index in [1.165, 1.54) is 0 Å². The van der Waals surface area contributed by atoms with E-state index in [0.29, 0.717) is 24.7 Å². The first-order valence-electron chi connectivity index (χ1n) is 8.21. The van der Waals surface area contributed by atoms with Gasteiger partial charge in [-0.2, -0.15) is 0 Å². The van der Waals surface area contributed by atoms with Gasteiger partial charge >= 0.3 is 0 Å². The highest BCUT2D eigenvalue weighted by Crippen LogP contribution is 2.29. The number of amides is 1. The van der Waals surface area contributed by atoms with Gasteiger partial charge in [0.05, 0.1) is 24.3 Å². The van der Waals surface area contributed by atoms with Gasteiger partial charge in [-0.15, -0.1) is 12.4 Å². The maximum atomic E-state index is 12.7. The zero-order chi connectivity index (χ0) is 16.8. The van der Waals surface area contributed by atoms with Crippen LogP contribution in [-0.4, -0.2) is 37.7 Å². The number of ether oxygens (including phenoxy) is 1. The summed E-state index contributed by atoms with van der Waals surface area (Å²) in [6.07, 6.45) is 3.15. The highest BCUT2D eigenvalue weighted by Gasteiger charge is 2.39. The van der Waals surface area contributed by atoms with Gasteiger partial charge < -0.3 is 19.8 Å². The number of halogens is 1. The molecule has 0 spiro atoms. The Labute approximate surface area is 153 Å². The zero-order valence-corrected chi connectivity index (χ0v) is 15.1. The van der Waals surface area contributed by atoms with Gasteiger partial charge in [-0.05, 0) is 38.1 Å². The number of hydrogen-bond donors (Lipinski definition) is 2. The van der Waals surface area contributed by atoms with Crippen molar-refractivity contribution < 1.29 is 13.9 Å². The normalized spacial score (nSPS) is 16.0. The Bertz CT molecular complexity index is 664. The molecule has 25 heavy (non-hydrogen) atoms. The number of benzene rings is 1. The lowest BCUT2D eigenvalue weighted by Gasteiger charge is -2.35. The SMILES string of the molecule is COCC1(C(=O)NCc2coc(-c3ccccc3)n2)CCNCC1.Cl. The molecule has 2 aromatic rings. The predicted octanol–water partition coefficient (Wildman–Crippen LogP) is 2.40. The molecular formula is C18H24ClN3O3. The van der Waals surface area contributed by atoms with Crippen molar-refractivity contribution in [2.24, 2.45) is 5.41 Å². The lowest BCUT2D eigenvalue weighted by Crippen LogP contribution is -2.50. The van der Waals surface area contributed by atoms with Crippen LogP contribution < -0.4 is 10.6 Å². The third kappa shape index (κ3) is 4.60. The molecule has 1 amide bonds. The van der Waals surface area contributed by atoms with E-state index in [1.807, 2.05) is 30.3 Å². The Morgan fingerprint density at radius 3 is 2.72 bits per heavy atom. The molecule has 136 valence electrons. The molecule has 3 rings (SSSR count). The Balaban J connectivity index is 0.00000225. The van der Waals surface area contributed by atoms with Crippen LogP contribution in [-0.2, 0) is 16.1 Å². The molecule has 0 unspecified atom stereocenters. The number of carbonyl (C=O) groups excluding carboxylic acids is 1. The molecule has 0 aliphatic carbocycles. The number of carbonyl (C=O) groups is 1. The van der Waals surface area contributed by atoms with Gasteiger partial charge in [-0.1, -0.05) is 18.2 Å². The van der Waals surface area contributed by atoms with Crippen LogP contribution in [0.4, 0.5) is 0 Å². The van der Waals surface area contributed by atoms with Crippen LogP contribution in [0.3, 0.4) is 0 Å². The fraction of sp³-hybridized carbons (Fsp3) is 0.444. The maximum absolute atomic E-state index is 12.7. The summed E-state index contributed by atoms with van der Waals surface area (Å²) < 4.78 is 10.8. The van der Waals surface area contributed by atoms with Crippen molar-refractivity contribution in [3.8, 4) is 11.5 Å². The topological polar surface area (TPSA) is 76.4 Å². The number of aromatic nitrogens is 1. The van der Waals surface area contributed by atoms with Crippen molar-refractivity contribution in [2.75, 3.05) is 26.8 Å². The number of nitrogens with one attached hydrogen (secondary N) is 2. The van der Waals surface area contributed by atoms with E-state index in [2.05, 4.69) is 15.6 Å². The van der Waals surface area contributed by atoms with Crippen LogP contribution in [0.1, 0.15) is 18.5 Å². The number of hydrogen-bond acceptors (Lipinski definition) is 5. The molecule has 2 N–H and O–H groups in total. The highest BCUT2D eigenvalue weighted by molar-refractivity contribution is 5.85. The number of piperidine rings is 1. The Morgan fingerprint density at radius 2 is 2.04 bits per heavy atom. The summed E-state index contributed by atoms with van der Waals surface area (Å²) in [6.45, 7) is 2.46. The summed E-state index contributed by atoms with van der Waals surface area (Å²) in [6, 6.07) is 9.70. The molecule has 1 aromatic heterocycles. The Morgan fingerprint density at radius 1 is 1.32 bits per heavy atom. The van der Waals surface area contributed by atoms with E-state index in [9.17, 15) is 4.79 Å². The van der Waals surface area contributed by atoms with Gasteiger partial charge in [-0.25, -0.2) is 4.98 Å². The highest BCUT2D eigenvalue weighted by atomic mass is 35.5. The molecule has 1 fully saturated rings. The molecule has 0 atom stereocenters. The average Bonchev–Trinajstić information content (AvgIpc) is 3.10. The molecular weight excluding hydrogens is 342 g/mol. The number of nitrogens with zero attached hydrogens (tertiary/aromatic N) is 1. The molecule has 0 radical (unpaired) electrons. The zero-order valence-electron chi connectivity index (χ0n) is 14.3. The lowest BCUT2D eigenvalue weighted by atomic mass is 9.78.